The zero-order valence-corrected chi connectivity index (χ0v) is 10.7. The summed E-state index contributed by atoms with van der Waals surface area (Å²) in [6.07, 6.45) is 6.44. The van der Waals surface area contributed by atoms with Crippen LogP contribution in [0.25, 0.3) is 0 Å². The molecule has 1 saturated carbocycles. The minimum Gasteiger partial charge on any atom is -0.327 e. The zero-order chi connectivity index (χ0) is 11.8. The van der Waals surface area contributed by atoms with Crippen molar-refractivity contribution in [2.24, 2.45) is 5.73 Å². The maximum atomic E-state index is 11.7. The van der Waals surface area contributed by atoms with Crippen molar-refractivity contribution in [3.8, 4) is 0 Å². The van der Waals surface area contributed by atoms with Gasteiger partial charge in [0, 0.05) is 24.9 Å². The van der Waals surface area contributed by atoms with Crippen molar-refractivity contribution in [2.45, 2.75) is 49.4 Å². The van der Waals surface area contributed by atoms with Crippen LogP contribution in [0, 0.1) is 0 Å². The highest BCUT2D eigenvalue weighted by molar-refractivity contribution is 7.91. The van der Waals surface area contributed by atoms with Gasteiger partial charge < -0.3 is 5.73 Å². The molecule has 2 rings (SSSR count). The van der Waals surface area contributed by atoms with Crippen LogP contribution in [0.3, 0.4) is 0 Å². The molecular weight excluding hydrogens is 224 g/mol. The lowest BCUT2D eigenvalue weighted by molar-refractivity contribution is 0.152. The van der Waals surface area contributed by atoms with Crippen molar-refractivity contribution in [3.05, 3.63) is 0 Å². The first-order valence-corrected chi connectivity index (χ1v) is 8.12. The third-order valence-corrected chi connectivity index (χ3v) is 5.58. The van der Waals surface area contributed by atoms with Gasteiger partial charge in [-0.15, -0.1) is 0 Å². The van der Waals surface area contributed by atoms with Crippen molar-refractivity contribution < 1.29 is 8.42 Å². The Balaban J connectivity index is 2.08. The van der Waals surface area contributed by atoms with E-state index in [2.05, 4.69) is 4.90 Å². The highest BCUT2D eigenvalue weighted by Gasteiger charge is 2.39. The van der Waals surface area contributed by atoms with E-state index in [4.69, 9.17) is 5.73 Å². The molecule has 0 bridgehead atoms. The molecule has 1 saturated heterocycles. The summed E-state index contributed by atoms with van der Waals surface area (Å²) in [5.41, 5.74) is 5.96. The summed E-state index contributed by atoms with van der Waals surface area (Å²) < 4.78 is 23.4. The maximum absolute atomic E-state index is 11.7. The molecule has 2 N–H and O–H groups in total. The Labute approximate surface area is 98.1 Å². The molecule has 0 aromatic heterocycles. The predicted octanol–water partition coefficient (Wildman–Crippen LogP) is 0.375. The predicted molar refractivity (Wildman–Crippen MR) is 65.1 cm³/mol. The second-order valence-corrected chi connectivity index (χ2v) is 7.53. The Hall–Kier alpha value is -0.130. The number of piperidine rings is 1. The molecule has 3 atom stereocenters. The van der Waals surface area contributed by atoms with Crippen molar-refractivity contribution in [3.63, 3.8) is 0 Å². The third kappa shape index (κ3) is 2.57. The molecule has 16 heavy (non-hydrogen) atoms. The first-order valence-electron chi connectivity index (χ1n) is 6.17. The van der Waals surface area contributed by atoms with Gasteiger partial charge in [0.25, 0.3) is 0 Å². The first kappa shape index (κ1) is 12.3. The van der Waals surface area contributed by atoms with Crippen LogP contribution in [0.1, 0.15) is 32.1 Å². The Morgan fingerprint density at radius 2 is 1.94 bits per heavy atom. The van der Waals surface area contributed by atoms with Gasteiger partial charge in [0.15, 0.2) is 9.84 Å². The number of sulfone groups is 1. The molecule has 0 amide bonds. The summed E-state index contributed by atoms with van der Waals surface area (Å²) in [7, 11) is -2.90. The van der Waals surface area contributed by atoms with E-state index in [1.54, 1.807) is 0 Å². The molecule has 2 fully saturated rings. The van der Waals surface area contributed by atoms with E-state index >= 15 is 0 Å². The summed E-state index contributed by atoms with van der Waals surface area (Å²) in [6, 6.07) is 0.455. The lowest BCUT2D eigenvalue weighted by Gasteiger charge is -2.37. The van der Waals surface area contributed by atoms with Crippen molar-refractivity contribution >= 4 is 9.84 Å². The second-order valence-electron chi connectivity index (χ2n) is 5.26. The number of rotatable bonds is 2. The topological polar surface area (TPSA) is 63.4 Å². The Morgan fingerprint density at radius 1 is 1.19 bits per heavy atom. The SMILES string of the molecule is CS(=O)(=O)C1CCCC1N1CCCC(N)C1. The van der Waals surface area contributed by atoms with E-state index in [9.17, 15) is 8.42 Å². The van der Waals surface area contributed by atoms with Crippen LogP contribution in [-0.4, -0.2) is 50.0 Å². The van der Waals surface area contributed by atoms with E-state index < -0.39 is 9.84 Å². The summed E-state index contributed by atoms with van der Waals surface area (Å²) in [4.78, 5) is 2.31. The molecule has 94 valence electrons. The fourth-order valence-electron chi connectivity index (χ4n) is 3.17. The van der Waals surface area contributed by atoms with Crippen molar-refractivity contribution in [2.75, 3.05) is 19.3 Å². The van der Waals surface area contributed by atoms with Gasteiger partial charge in [-0.2, -0.15) is 0 Å². The normalized spacial score (nSPS) is 37.8. The quantitative estimate of drug-likeness (QED) is 0.765. The van der Waals surface area contributed by atoms with Crippen LogP contribution in [0.2, 0.25) is 0 Å². The van der Waals surface area contributed by atoms with Gasteiger partial charge in [-0.25, -0.2) is 8.42 Å². The molecule has 0 aromatic rings. The van der Waals surface area contributed by atoms with Gasteiger partial charge in [0.05, 0.1) is 5.25 Å². The number of nitrogens with two attached hydrogens (primary N) is 1. The van der Waals surface area contributed by atoms with Gasteiger partial charge in [0.2, 0.25) is 0 Å². The number of likely N-dealkylation sites (tertiary alicyclic amines) is 1. The van der Waals surface area contributed by atoms with Crippen LogP contribution in [0.5, 0.6) is 0 Å². The van der Waals surface area contributed by atoms with E-state index in [1.165, 1.54) is 6.26 Å². The summed E-state index contributed by atoms with van der Waals surface area (Å²) in [6.45, 7) is 1.89. The lowest BCUT2D eigenvalue weighted by atomic mass is 10.0. The molecule has 4 nitrogen and oxygen atoms in total. The maximum Gasteiger partial charge on any atom is 0.151 e. The van der Waals surface area contributed by atoms with Gasteiger partial charge in [-0.1, -0.05) is 6.42 Å². The smallest absolute Gasteiger partial charge is 0.151 e. The van der Waals surface area contributed by atoms with E-state index in [0.717, 1.165) is 45.2 Å². The largest absolute Gasteiger partial charge is 0.327 e. The number of hydrogen-bond donors (Lipinski definition) is 1. The fourth-order valence-corrected chi connectivity index (χ4v) is 4.64. The van der Waals surface area contributed by atoms with Gasteiger partial charge >= 0.3 is 0 Å². The molecule has 5 heteroatoms. The van der Waals surface area contributed by atoms with Crippen LogP contribution in [0.15, 0.2) is 0 Å². The monoisotopic (exact) mass is 246 g/mol. The van der Waals surface area contributed by atoms with Crippen molar-refractivity contribution in [1.29, 1.82) is 0 Å². The molecule has 0 aromatic carbocycles. The molecule has 2 aliphatic rings. The van der Waals surface area contributed by atoms with Gasteiger partial charge in [-0.05, 0) is 32.2 Å². The third-order valence-electron chi connectivity index (χ3n) is 3.93. The molecule has 1 heterocycles. The highest BCUT2D eigenvalue weighted by atomic mass is 32.2. The first-order chi connectivity index (χ1) is 7.48. The molecule has 0 radical (unpaired) electrons. The Bertz CT molecular complexity index is 342. The Morgan fingerprint density at radius 3 is 2.56 bits per heavy atom. The van der Waals surface area contributed by atoms with E-state index in [1.807, 2.05) is 0 Å². The van der Waals surface area contributed by atoms with Crippen molar-refractivity contribution in [1.82, 2.24) is 4.90 Å². The van der Waals surface area contributed by atoms with Gasteiger partial charge in [-0.3, -0.25) is 4.90 Å². The van der Waals surface area contributed by atoms with Gasteiger partial charge in [0.1, 0.15) is 0 Å². The molecule has 0 spiro atoms. The number of hydrogen-bond acceptors (Lipinski definition) is 4. The molecule has 1 aliphatic heterocycles. The van der Waals surface area contributed by atoms with Crippen LogP contribution < -0.4 is 5.73 Å². The Kier molecular flexibility index (Phi) is 3.56. The van der Waals surface area contributed by atoms with Crippen LogP contribution in [0.4, 0.5) is 0 Å². The van der Waals surface area contributed by atoms with Crippen LogP contribution in [-0.2, 0) is 9.84 Å². The second kappa shape index (κ2) is 4.63. The summed E-state index contributed by atoms with van der Waals surface area (Å²) in [5.74, 6) is 0. The average Bonchev–Trinajstić information content (AvgIpc) is 2.65. The average molecular weight is 246 g/mol. The molecule has 3 unspecified atom stereocenters. The standard InChI is InChI=1S/C11H22N2O2S/c1-16(14,15)11-6-2-5-10(11)13-7-3-4-9(12)8-13/h9-11H,2-8,12H2,1H3. The highest BCUT2D eigenvalue weighted by Crippen LogP contribution is 2.30. The minimum absolute atomic E-state index is 0.155. The van der Waals surface area contributed by atoms with Crippen LogP contribution >= 0.6 is 0 Å². The van der Waals surface area contributed by atoms with E-state index in [0.29, 0.717) is 0 Å². The minimum atomic E-state index is -2.90. The van der Waals surface area contributed by atoms with E-state index in [-0.39, 0.29) is 17.3 Å². The molecule has 1 aliphatic carbocycles. The zero-order valence-electron chi connectivity index (χ0n) is 9.93. The lowest BCUT2D eigenvalue weighted by Crippen LogP contribution is -2.51. The fraction of sp³-hybridized carbons (Fsp3) is 1.00. The summed E-state index contributed by atoms with van der Waals surface area (Å²) in [5, 5.41) is -0.155. The summed E-state index contributed by atoms with van der Waals surface area (Å²) >= 11 is 0. The molecular formula is C11H22N2O2S. The number of nitrogens with zero attached hydrogens (tertiary/aromatic N) is 1.